The fraction of sp³-hybridized carbons (Fsp3) is 0.133. The number of likely N-dealkylation sites (N-methyl/N-ethyl adjacent to an activating group) is 1. The molecule has 0 aliphatic rings. The number of fused-ring (bicyclic) bond motifs is 1. The summed E-state index contributed by atoms with van der Waals surface area (Å²) in [5.41, 5.74) is 7.51. The lowest BCUT2D eigenvalue weighted by atomic mass is 10.1. The van der Waals surface area contributed by atoms with Gasteiger partial charge >= 0.3 is 0 Å². The number of allylic oxidation sites excluding steroid dienone is 2. The van der Waals surface area contributed by atoms with Crippen molar-refractivity contribution in [1.29, 1.82) is 0 Å². The minimum atomic E-state index is -0.292. The summed E-state index contributed by atoms with van der Waals surface area (Å²) >= 11 is 0. The molecule has 0 radical (unpaired) electrons. The van der Waals surface area contributed by atoms with Gasteiger partial charge in [0.25, 0.3) is 0 Å². The first-order chi connectivity index (χ1) is 18.8. The van der Waals surface area contributed by atoms with Crippen LogP contribution in [-0.2, 0) is 0 Å². The normalized spacial score (nSPS) is 12.4. The van der Waals surface area contributed by atoms with Crippen LogP contribution in [0.25, 0.3) is 51.9 Å². The van der Waals surface area contributed by atoms with Gasteiger partial charge in [-0.15, -0.1) is 0 Å². The van der Waals surface area contributed by atoms with E-state index in [0.29, 0.717) is 16.7 Å². The van der Waals surface area contributed by atoms with Crippen LogP contribution in [-0.4, -0.2) is 55.7 Å². The molecule has 39 heavy (non-hydrogen) atoms. The number of pyridine rings is 2. The molecule has 0 atom stereocenters. The Bertz CT molecular complexity index is 1800. The van der Waals surface area contributed by atoms with Crippen molar-refractivity contribution in [3.63, 3.8) is 0 Å². The molecule has 0 saturated carbocycles. The van der Waals surface area contributed by atoms with Crippen molar-refractivity contribution in [2.75, 3.05) is 26.0 Å². The molecule has 196 valence electrons. The first-order valence-corrected chi connectivity index (χ1v) is 12.4. The van der Waals surface area contributed by atoms with Crippen LogP contribution in [0.3, 0.4) is 0 Å². The molecule has 3 N–H and O–H groups in total. The maximum absolute atomic E-state index is 13.4. The van der Waals surface area contributed by atoms with Crippen LogP contribution in [0.15, 0.2) is 73.5 Å². The number of anilines is 1. The van der Waals surface area contributed by atoms with Crippen LogP contribution in [0, 0.1) is 5.82 Å². The lowest BCUT2D eigenvalue weighted by Gasteiger charge is -2.14. The number of aromatic nitrogens is 6. The Balaban J connectivity index is 1.42. The van der Waals surface area contributed by atoms with E-state index in [1.807, 2.05) is 45.4 Å². The van der Waals surface area contributed by atoms with Gasteiger partial charge in [0.05, 0.1) is 34.5 Å². The van der Waals surface area contributed by atoms with E-state index in [0.717, 1.165) is 56.6 Å². The second kappa shape index (κ2) is 10.8. The highest BCUT2D eigenvalue weighted by molar-refractivity contribution is 5.92. The summed E-state index contributed by atoms with van der Waals surface area (Å²) < 4.78 is 13.4. The molecule has 9 heteroatoms. The minimum absolute atomic E-state index is 0.292. The number of aromatic amines is 2. The molecule has 4 heterocycles. The summed E-state index contributed by atoms with van der Waals surface area (Å²) in [6.07, 6.45) is 11.0. The second-order valence-electron chi connectivity index (χ2n) is 9.58. The minimum Gasteiger partial charge on any atom is -0.357 e. The first kappa shape index (κ1) is 25.7. The van der Waals surface area contributed by atoms with Crippen molar-refractivity contribution in [1.82, 2.24) is 35.0 Å². The number of rotatable bonds is 8. The zero-order valence-corrected chi connectivity index (χ0v) is 22.1. The number of halogens is 1. The Morgan fingerprint density at radius 1 is 1.10 bits per heavy atom. The SMILES string of the molecule is C=C(CN(C)C)Nc1cncc(/C(C)=C/C=c2/[nH]nc(-c3nc4c(-c5ccc(F)cc5)cncc4[nH]3)c2=C)c1. The maximum atomic E-state index is 13.4. The smallest absolute Gasteiger partial charge is 0.159 e. The zero-order chi connectivity index (χ0) is 27.5. The fourth-order valence-electron chi connectivity index (χ4n) is 4.25. The molecule has 0 bridgehead atoms. The molecule has 1 aromatic carbocycles. The Hall–Kier alpha value is -4.89. The lowest BCUT2D eigenvalue weighted by Crippen LogP contribution is -2.21. The number of imidazole rings is 1. The van der Waals surface area contributed by atoms with Crippen molar-refractivity contribution in [2.45, 2.75) is 6.92 Å². The third-order valence-corrected chi connectivity index (χ3v) is 6.19. The average Bonchev–Trinajstić information content (AvgIpc) is 3.50. The van der Waals surface area contributed by atoms with Crippen LogP contribution in [0.4, 0.5) is 10.1 Å². The number of hydrogen-bond donors (Lipinski definition) is 3. The van der Waals surface area contributed by atoms with Crippen molar-refractivity contribution in [2.24, 2.45) is 0 Å². The van der Waals surface area contributed by atoms with E-state index >= 15 is 0 Å². The largest absolute Gasteiger partial charge is 0.357 e. The van der Waals surface area contributed by atoms with E-state index in [1.54, 1.807) is 30.7 Å². The monoisotopic (exact) mass is 520 g/mol. The van der Waals surface area contributed by atoms with Gasteiger partial charge in [-0.1, -0.05) is 31.4 Å². The summed E-state index contributed by atoms with van der Waals surface area (Å²) in [4.78, 5) is 18.8. The number of hydrogen-bond acceptors (Lipinski definition) is 6. The summed E-state index contributed by atoms with van der Waals surface area (Å²) in [6.45, 7) is 11.1. The Morgan fingerprint density at radius 3 is 2.64 bits per heavy atom. The average molecular weight is 521 g/mol. The summed E-state index contributed by atoms with van der Waals surface area (Å²) in [5.74, 6) is 0.281. The Kier molecular flexibility index (Phi) is 7.16. The molecule has 5 aromatic rings. The van der Waals surface area contributed by atoms with Crippen molar-refractivity contribution < 1.29 is 4.39 Å². The Morgan fingerprint density at radius 2 is 1.87 bits per heavy atom. The highest BCUT2D eigenvalue weighted by Crippen LogP contribution is 2.27. The van der Waals surface area contributed by atoms with Gasteiger partial charge in [-0.2, -0.15) is 5.10 Å². The molecular formula is C30H29FN8. The van der Waals surface area contributed by atoms with E-state index in [2.05, 4.69) is 48.5 Å². The molecule has 0 aliphatic heterocycles. The number of nitrogens with one attached hydrogen (secondary N) is 3. The molecule has 4 aromatic heterocycles. The van der Waals surface area contributed by atoms with Gasteiger partial charge in [-0.05, 0) is 62.0 Å². The van der Waals surface area contributed by atoms with Crippen molar-refractivity contribution >= 4 is 34.9 Å². The second-order valence-corrected chi connectivity index (χ2v) is 9.58. The van der Waals surface area contributed by atoms with Gasteiger partial charge in [-0.25, -0.2) is 9.37 Å². The van der Waals surface area contributed by atoms with Gasteiger partial charge < -0.3 is 15.2 Å². The van der Waals surface area contributed by atoms with Gasteiger partial charge in [-0.3, -0.25) is 15.1 Å². The van der Waals surface area contributed by atoms with Crippen molar-refractivity contribution in [3.8, 4) is 22.6 Å². The number of benzene rings is 1. The predicted octanol–water partition coefficient (Wildman–Crippen LogP) is 4.33. The molecule has 0 amide bonds. The summed E-state index contributed by atoms with van der Waals surface area (Å²) in [6, 6.07) is 8.31. The van der Waals surface area contributed by atoms with Gasteiger partial charge in [0, 0.05) is 35.4 Å². The van der Waals surface area contributed by atoms with E-state index in [4.69, 9.17) is 4.98 Å². The van der Waals surface area contributed by atoms with Gasteiger partial charge in [0.2, 0.25) is 0 Å². The molecule has 0 aliphatic carbocycles. The third kappa shape index (κ3) is 5.68. The highest BCUT2D eigenvalue weighted by atomic mass is 19.1. The van der Waals surface area contributed by atoms with Gasteiger partial charge in [0.1, 0.15) is 11.5 Å². The molecule has 5 rings (SSSR count). The van der Waals surface area contributed by atoms with Crippen LogP contribution in [0.1, 0.15) is 12.5 Å². The zero-order valence-electron chi connectivity index (χ0n) is 22.1. The fourth-order valence-corrected chi connectivity index (χ4v) is 4.25. The highest BCUT2D eigenvalue weighted by Gasteiger charge is 2.14. The number of nitrogens with zero attached hydrogens (tertiary/aromatic N) is 5. The van der Waals surface area contributed by atoms with Crippen LogP contribution in [0.5, 0.6) is 0 Å². The van der Waals surface area contributed by atoms with Crippen molar-refractivity contribution in [3.05, 3.63) is 95.4 Å². The van der Waals surface area contributed by atoms with Crippen LogP contribution >= 0.6 is 0 Å². The third-order valence-electron chi connectivity index (χ3n) is 6.19. The molecule has 0 unspecified atom stereocenters. The molecule has 8 nitrogen and oxygen atoms in total. The van der Waals surface area contributed by atoms with E-state index in [1.165, 1.54) is 12.1 Å². The summed E-state index contributed by atoms with van der Waals surface area (Å²) in [5, 5.41) is 12.3. The molecule has 0 fully saturated rings. The molecule has 0 spiro atoms. The molecule has 0 saturated heterocycles. The number of H-pyrrole nitrogens is 2. The summed E-state index contributed by atoms with van der Waals surface area (Å²) in [7, 11) is 4.00. The van der Waals surface area contributed by atoms with Crippen LogP contribution in [0.2, 0.25) is 0 Å². The maximum Gasteiger partial charge on any atom is 0.159 e. The lowest BCUT2D eigenvalue weighted by molar-refractivity contribution is 0.447. The van der Waals surface area contributed by atoms with E-state index in [-0.39, 0.29) is 5.82 Å². The van der Waals surface area contributed by atoms with E-state index < -0.39 is 0 Å². The standard InChI is InChI=1S/C30H29FN8/c1-18(22-12-24(14-32-13-22)34-19(2)17-39(4)5)6-11-26-20(3)28(38-37-26)30-35-27-16-33-15-25(29(27)36-30)21-7-9-23(31)10-8-21/h6-16,34,37H,2-3,17H2,1,4-5H3,(H,35,36)/b18-6+,26-11+. The molecular weight excluding hydrogens is 491 g/mol. The van der Waals surface area contributed by atoms with Gasteiger partial charge in [0.15, 0.2) is 5.82 Å². The quantitative estimate of drug-likeness (QED) is 0.282. The van der Waals surface area contributed by atoms with E-state index in [9.17, 15) is 4.39 Å². The predicted molar refractivity (Wildman–Crippen MR) is 155 cm³/mol. The Labute approximate surface area is 225 Å². The van der Waals surface area contributed by atoms with Crippen LogP contribution < -0.4 is 15.9 Å². The first-order valence-electron chi connectivity index (χ1n) is 12.4. The topological polar surface area (TPSA) is 98.4 Å².